The number of halogens is 1. The summed E-state index contributed by atoms with van der Waals surface area (Å²) in [6.45, 7) is 6.07. The first-order valence-electron chi connectivity index (χ1n) is 8.35. The topological polar surface area (TPSA) is 85.4 Å². The Labute approximate surface area is 162 Å². The van der Waals surface area contributed by atoms with Gasteiger partial charge in [-0.2, -0.15) is 5.26 Å². The predicted molar refractivity (Wildman–Crippen MR) is 105 cm³/mol. The van der Waals surface area contributed by atoms with Gasteiger partial charge in [0.05, 0.1) is 34.3 Å². The fourth-order valence-corrected chi connectivity index (χ4v) is 2.66. The van der Waals surface area contributed by atoms with Gasteiger partial charge in [0.2, 0.25) is 0 Å². The zero-order chi connectivity index (χ0) is 20.0. The second-order valence-electron chi connectivity index (χ2n) is 5.90. The van der Waals surface area contributed by atoms with Crippen LogP contribution in [0, 0.1) is 21.4 Å². The van der Waals surface area contributed by atoms with E-state index < -0.39 is 4.92 Å². The number of hydrogen-bond acceptors (Lipinski definition) is 5. The highest BCUT2D eigenvalue weighted by Crippen LogP contribution is 2.38. The Morgan fingerprint density at radius 1 is 1.33 bits per heavy atom. The molecule has 0 saturated carbocycles. The maximum atomic E-state index is 10.8. The number of nitro groups is 1. The summed E-state index contributed by atoms with van der Waals surface area (Å²) in [5.41, 5.74) is 1.54. The highest BCUT2D eigenvalue weighted by molar-refractivity contribution is 6.32. The van der Waals surface area contributed by atoms with Crippen LogP contribution in [0.3, 0.4) is 0 Å². The van der Waals surface area contributed by atoms with E-state index in [1.165, 1.54) is 24.3 Å². The normalized spacial score (nSPS) is 11.2. The Morgan fingerprint density at radius 3 is 2.52 bits per heavy atom. The molecule has 0 fully saturated rings. The summed E-state index contributed by atoms with van der Waals surface area (Å²) in [4.78, 5) is 10.3. The Hall–Kier alpha value is -3.04. The van der Waals surface area contributed by atoms with Crippen molar-refractivity contribution < 1.29 is 14.4 Å². The van der Waals surface area contributed by atoms with Crippen LogP contribution in [0.5, 0.6) is 11.5 Å². The van der Waals surface area contributed by atoms with Crippen molar-refractivity contribution in [2.75, 3.05) is 6.61 Å². The summed E-state index contributed by atoms with van der Waals surface area (Å²) in [6, 6.07) is 11.3. The number of nitro benzene ring substituents is 1. The van der Waals surface area contributed by atoms with Gasteiger partial charge < -0.3 is 9.47 Å². The number of non-ortho nitro benzene ring substituents is 1. The fourth-order valence-electron chi connectivity index (χ4n) is 2.39. The standard InChI is InChI=1S/C20H19ClN2O4/c1-4-26-19-11-14(10-18(21)20(19)27-13(2)3)9-16(12-22)15-5-7-17(8-6-15)23(24)25/h5-11,13H,4H2,1-3H3/b16-9-. The second kappa shape index (κ2) is 9.06. The molecule has 0 aromatic heterocycles. The van der Waals surface area contributed by atoms with Crippen molar-refractivity contribution in [1.29, 1.82) is 5.26 Å². The number of nitriles is 1. The second-order valence-corrected chi connectivity index (χ2v) is 6.31. The zero-order valence-electron chi connectivity index (χ0n) is 15.2. The number of hydrogen-bond donors (Lipinski definition) is 0. The Bertz CT molecular complexity index is 899. The van der Waals surface area contributed by atoms with E-state index in [0.29, 0.717) is 39.8 Å². The molecule has 2 rings (SSSR count). The smallest absolute Gasteiger partial charge is 0.269 e. The number of ether oxygens (including phenoxy) is 2. The Morgan fingerprint density at radius 2 is 2.00 bits per heavy atom. The summed E-state index contributed by atoms with van der Waals surface area (Å²) in [5.74, 6) is 0.949. The van der Waals surface area contributed by atoms with Crippen molar-refractivity contribution >= 4 is 28.9 Å². The number of rotatable bonds is 7. The molecule has 0 saturated heterocycles. The first kappa shape index (κ1) is 20.3. The van der Waals surface area contributed by atoms with E-state index >= 15 is 0 Å². The lowest BCUT2D eigenvalue weighted by molar-refractivity contribution is -0.384. The third-order valence-electron chi connectivity index (χ3n) is 3.51. The maximum Gasteiger partial charge on any atom is 0.269 e. The SMILES string of the molecule is CCOc1cc(/C=C(/C#N)c2ccc([N+](=O)[O-])cc2)cc(Cl)c1OC(C)C. The molecule has 0 atom stereocenters. The van der Waals surface area contributed by atoms with Crippen LogP contribution in [0.2, 0.25) is 5.02 Å². The Kier molecular flexibility index (Phi) is 6.80. The van der Waals surface area contributed by atoms with Gasteiger partial charge in [-0.25, -0.2) is 0 Å². The van der Waals surface area contributed by atoms with Gasteiger partial charge in [0.15, 0.2) is 11.5 Å². The van der Waals surface area contributed by atoms with Crippen molar-refractivity contribution in [3.63, 3.8) is 0 Å². The van der Waals surface area contributed by atoms with Gasteiger partial charge in [0.25, 0.3) is 5.69 Å². The molecule has 0 aliphatic carbocycles. The van der Waals surface area contributed by atoms with Crippen LogP contribution in [-0.4, -0.2) is 17.6 Å². The summed E-state index contributed by atoms with van der Waals surface area (Å²) in [5, 5.41) is 20.6. The summed E-state index contributed by atoms with van der Waals surface area (Å²) >= 11 is 6.35. The number of benzene rings is 2. The van der Waals surface area contributed by atoms with Gasteiger partial charge in [-0.05, 0) is 62.2 Å². The minimum Gasteiger partial charge on any atom is -0.490 e. The first-order valence-corrected chi connectivity index (χ1v) is 8.73. The fraction of sp³-hybridized carbons (Fsp3) is 0.250. The molecule has 0 aliphatic heterocycles. The number of nitrogens with zero attached hydrogens (tertiary/aromatic N) is 2. The molecule has 0 bridgehead atoms. The third kappa shape index (κ3) is 5.22. The van der Waals surface area contributed by atoms with Gasteiger partial charge in [-0.3, -0.25) is 10.1 Å². The lowest BCUT2D eigenvalue weighted by atomic mass is 10.0. The monoisotopic (exact) mass is 386 g/mol. The molecule has 2 aromatic rings. The zero-order valence-corrected chi connectivity index (χ0v) is 16.0. The van der Waals surface area contributed by atoms with Gasteiger partial charge in [0, 0.05) is 12.1 Å². The minimum atomic E-state index is -0.485. The van der Waals surface area contributed by atoms with E-state index in [4.69, 9.17) is 21.1 Å². The largest absolute Gasteiger partial charge is 0.490 e. The van der Waals surface area contributed by atoms with Gasteiger partial charge in [0.1, 0.15) is 0 Å². The molecule has 0 amide bonds. The molecule has 2 aromatic carbocycles. The van der Waals surface area contributed by atoms with E-state index in [2.05, 4.69) is 6.07 Å². The molecule has 0 spiro atoms. The molecule has 0 unspecified atom stereocenters. The molecule has 27 heavy (non-hydrogen) atoms. The highest BCUT2D eigenvalue weighted by atomic mass is 35.5. The van der Waals surface area contributed by atoms with Crippen molar-refractivity contribution in [3.8, 4) is 17.6 Å². The van der Waals surface area contributed by atoms with E-state index in [1.54, 1.807) is 18.2 Å². The van der Waals surface area contributed by atoms with E-state index in [9.17, 15) is 15.4 Å². The van der Waals surface area contributed by atoms with Crippen LogP contribution < -0.4 is 9.47 Å². The molecule has 0 aliphatic rings. The van der Waals surface area contributed by atoms with Gasteiger partial charge in [-0.1, -0.05) is 11.6 Å². The molecule has 0 heterocycles. The average molecular weight is 387 g/mol. The molecule has 0 N–H and O–H groups in total. The van der Waals surface area contributed by atoms with Crippen LogP contribution in [0.4, 0.5) is 5.69 Å². The minimum absolute atomic E-state index is 0.0343. The quantitative estimate of drug-likeness (QED) is 0.271. The van der Waals surface area contributed by atoms with Crippen LogP contribution in [0.15, 0.2) is 36.4 Å². The van der Waals surface area contributed by atoms with E-state index in [-0.39, 0.29) is 11.8 Å². The van der Waals surface area contributed by atoms with Crippen molar-refractivity contribution in [2.45, 2.75) is 26.9 Å². The maximum absolute atomic E-state index is 10.8. The van der Waals surface area contributed by atoms with E-state index in [1.807, 2.05) is 20.8 Å². The van der Waals surface area contributed by atoms with Crippen molar-refractivity contribution in [3.05, 3.63) is 62.7 Å². The number of allylic oxidation sites excluding steroid dienone is 1. The molecular formula is C20H19ClN2O4. The van der Waals surface area contributed by atoms with Crippen LogP contribution >= 0.6 is 11.6 Å². The summed E-state index contributed by atoms with van der Waals surface area (Å²) in [7, 11) is 0. The third-order valence-corrected chi connectivity index (χ3v) is 3.79. The van der Waals surface area contributed by atoms with Gasteiger partial charge in [-0.15, -0.1) is 0 Å². The molecular weight excluding hydrogens is 368 g/mol. The van der Waals surface area contributed by atoms with Crippen molar-refractivity contribution in [2.24, 2.45) is 0 Å². The Balaban J connectivity index is 2.45. The van der Waals surface area contributed by atoms with Crippen LogP contribution in [0.25, 0.3) is 11.6 Å². The van der Waals surface area contributed by atoms with Crippen molar-refractivity contribution in [1.82, 2.24) is 0 Å². The predicted octanol–water partition coefficient (Wildman–Crippen LogP) is 5.50. The molecule has 7 heteroatoms. The highest BCUT2D eigenvalue weighted by Gasteiger charge is 2.14. The molecule has 140 valence electrons. The first-order chi connectivity index (χ1) is 12.8. The van der Waals surface area contributed by atoms with Crippen LogP contribution in [-0.2, 0) is 0 Å². The molecule has 6 nitrogen and oxygen atoms in total. The summed E-state index contributed by atoms with van der Waals surface area (Å²) in [6.07, 6.45) is 1.58. The molecule has 0 radical (unpaired) electrons. The lowest BCUT2D eigenvalue weighted by Gasteiger charge is -2.16. The summed E-state index contributed by atoms with van der Waals surface area (Å²) < 4.78 is 11.4. The van der Waals surface area contributed by atoms with Gasteiger partial charge >= 0.3 is 0 Å². The lowest BCUT2D eigenvalue weighted by Crippen LogP contribution is -2.08. The van der Waals surface area contributed by atoms with E-state index in [0.717, 1.165) is 0 Å². The average Bonchev–Trinajstić information content (AvgIpc) is 2.62. The van der Waals surface area contributed by atoms with Crippen LogP contribution in [0.1, 0.15) is 31.9 Å².